The van der Waals surface area contributed by atoms with Gasteiger partial charge in [-0.15, -0.1) is 0 Å². The molecule has 0 bridgehead atoms. The molecule has 1 heterocycles. The molecule has 4 N–H and O–H groups in total. The normalized spacial score (nSPS) is 43.4. The zero-order chi connectivity index (χ0) is 11.3. The van der Waals surface area contributed by atoms with E-state index in [1.807, 2.05) is 0 Å². The lowest BCUT2D eigenvalue weighted by Gasteiger charge is -2.57. The maximum atomic E-state index is 10.8. The summed E-state index contributed by atoms with van der Waals surface area (Å²) in [5.74, 6) is 0.569. The van der Waals surface area contributed by atoms with Crippen LogP contribution >= 0.6 is 0 Å². The highest BCUT2D eigenvalue weighted by Crippen LogP contribution is 2.48. The van der Waals surface area contributed by atoms with Gasteiger partial charge in [-0.3, -0.25) is 0 Å². The molecule has 0 aromatic rings. The molecule has 1 aliphatic carbocycles. The molecule has 2 rings (SSSR count). The Morgan fingerprint density at radius 3 is 2.27 bits per heavy atom. The largest absolute Gasteiger partial charge is 0.388 e. The van der Waals surface area contributed by atoms with E-state index in [4.69, 9.17) is 5.73 Å². The lowest BCUT2D eigenvalue weighted by molar-refractivity contribution is -0.125. The van der Waals surface area contributed by atoms with Crippen LogP contribution in [-0.2, 0) is 0 Å². The summed E-state index contributed by atoms with van der Waals surface area (Å²) in [4.78, 5) is 0. The average Bonchev–Trinajstić information content (AvgIpc) is 1.94. The van der Waals surface area contributed by atoms with E-state index >= 15 is 0 Å². The van der Waals surface area contributed by atoms with Gasteiger partial charge in [-0.05, 0) is 30.6 Å². The molecule has 2 unspecified atom stereocenters. The average molecular weight is 212 g/mol. The van der Waals surface area contributed by atoms with Crippen LogP contribution in [-0.4, -0.2) is 29.3 Å². The molecule has 1 saturated carbocycles. The number of rotatable bonds is 1. The Bertz CT molecular complexity index is 260. The molecule has 1 saturated heterocycles. The molecule has 15 heavy (non-hydrogen) atoms. The fourth-order valence-corrected chi connectivity index (χ4v) is 3.63. The summed E-state index contributed by atoms with van der Waals surface area (Å²) in [5.41, 5.74) is 5.44. The van der Waals surface area contributed by atoms with Crippen molar-refractivity contribution in [3.8, 4) is 0 Å². The van der Waals surface area contributed by atoms with Crippen molar-refractivity contribution in [3.05, 3.63) is 0 Å². The van der Waals surface area contributed by atoms with Crippen molar-refractivity contribution >= 4 is 0 Å². The standard InChI is InChI=1S/C12H24N2O/c1-9-4-10(2,3)6-12(15,5-9)11(13)7-14-8-11/h9,14-15H,4-8,13H2,1-3H3. The Labute approximate surface area is 92.4 Å². The highest BCUT2D eigenvalue weighted by atomic mass is 16.3. The topological polar surface area (TPSA) is 58.3 Å². The van der Waals surface area contributed by atoms with E-state index in [-0.39, 0.29) is 11.0 Å². The fourth-order valence-electron chi connectivity index (χ4n) is 3.63. The van der Waals surface area contributed by atoms with Gasteiger partial charge in [0.2, 0.25) is 0 Å². The van der Waals surface area contributed by atoms with E-state index in [2.05, 4.69) is 26.1 Å². The third kappa shape index (κ3) is 1.81. The lowest BCUT2D eigenvalue weighted by Crippen LogP contribution is -2.78. The van der Waals surface area contributed by atoms with Gasteiger partial charge in [0.1, 0.15) is 0 Å². The summed E-state index contributed by atoms with van der Waals surface area (Å²) in [6.07, 6.45) is 2.88. The van der Waals surface area contributed by atoms with Crippen LogP contribution in [0.4, 0.5) is 0 Å². The first-order chi connectivity index (χ1) is 6.77. The summed E-state index contributed by atoms with van der Waals surface area (Å²) < 4.78 is 0. The molecule has 0 amide bonds. The van der Waals surface area contributed by atoms with Crippen LogP contribution in [0.3, 0.4) is 0 Å². The van der Waals surface area contributed by atoms with Gasteiger partial charge >= 0.3 is 0 Å². The molecule has 1 aliphatic heterocycles. The molecule has 3 nitrogen and oxygen atoms in total. The van der Waals surface area contributed by atoms with Crippen molar-refractivity contribution < 1.29 is 5.11 Å². The third-order valence-electron chi connectivity index (χ3n) is 4.17. The second-order valence-electron chi connectivity index (χ2n) is 6.65. The number of nitrogens with one attached hydrogen (secondary N) is 1. The van der Waals surface area contributed by atoms with E-state index in [0.29, 0.717) is 5.92 Å². The van der Waals surface area contributed by atoms with Gasteiger partial charge in [0.15, 0.2) is 0 Å². The molecule has 0 spiro atoms. The van der Waals surface area contributed by atoms with Crippen LogP contribution in [0.1, 0.15) is 40.0 Å². The number of aliphatic hydroxyl groups is 1. The number of hydrogen-bond acceptors (Lipinski definition) is 3. The molecule has 2 aliphatic rings. The van der Waals surface area contributed by atoms with Gasteiger partial charge in [-0.1, -0.05) is 20.8 Å². The smallest absolute Gasteiger partial charge is 0.0858 e. The predicted octanol–water partition coefficient (Wildman–Crippen LogP) is 0.864. The zero-order valence-corrected chi connectivity index (χ0v) is 10.1. The van der Waals surface area contributed by atoms with E-state index in [0.717, 1.165) is 25.9 Å². The summed E-state index contributed by atoms with van der Waals surface area (Å²) in [5, 5.41) is 14.0. The van der Waals surface area contributed by atoms with Crippen LogP contribution < -0.4 is 11.1 Å². The van der Waals surface area contributed by atoms with Crippen molar-refractivity contribution in [1.29, 1.82) is 0 Å². The monoisotopic (exact) mass is 212 g/mol. The summed E-state index contributed by atoms with van der Waals surface area (Å²) in [7, 11) is 0. The maximum absolute atomic E-state index is 10.8. The third-order valence-corrected chi connectivity index (χ3v) is 4.17. The van der Waals surface area contributed by atoms with Gasteiger partial charge < -0.3 is 16.2 Å². The van der Waals surface area contributed by atoms with E-state index < -0.39 is 5.60 Å². The lowest BCUT2D eigenvalue weighted by atomic mass is 9.58. The van der Waals surface area contributed by atoms with E-state index in [1.54, 1.807) is 0 Å². The van der Waals surface area contributed by atoms with Gasteiger partial charge in [0.25, 0.3) is 0 Å². The van der Waals surface area contributed by atoms with E-state index in [9.17, 15) is 5.11 Å². The summed E-state index contributed by atoms with van der Waals surface area (Å²) >= 11 is 0. The first-order valence-electron chi connectivity index (χ1n) is 5.98. The molecule has 2 fully saturated rings. The van der Waals surface area contributed by atoms with Gasteiger partial charge in [-0.2, -0.15) is 0 Å². The summed E-state index contributed by atoms with van der Waals surface area (Å²) in [6.45, 7) is 8.21. The number of nitrogens with two attached hydrogens (primary N) is 1. The zero-order valence-electron chi connectivity index (χ0n) is 10.1. The quantitative estimate of drug-likeness (QED) is 0.604. The van der Waals surface area contributed by atoms with Gasteiger partial charge in [0.05, 0.1) is 11.1 Å². The SMILES string of the molecule is CC1CC(C)(C)CC(O)(C2(N)CNC2)C1. The molecule has 0 aromatic heterocycles. The van der Waals surface area contributed by atoms with Crippen LogP contribution in [0.5, 0.6) is 0 Å². The minimum atomic E-state index is -0.667. The highest BCUT2D eigenvalue weighted by molar-refractivity contribution is 5.15. The van der Waals surface area contributed by atoms with Crippen LogP contribution in [0.15, 0.2) is 0 Å². The van der Waals surface area contributed by atoms with Crippen LogP contribution in [0.25, 0.3) is 0 Å². The fraction of sp³-hybridized carbons (Fsp3) is 1.00. The predicted molar refractivity (Wildman–Crippen MR) is 61.5 cm³/mol. The molecule has 2 atom stereocenters. The Hall–Kier alpha value is -0.120. The molecule has 88 valence electrons. The first kappa shape index (κ1) is 11.4. The van der Waals surface area contributed by atoms with Crippen molar-refractivity contribution in [1.82, 2.24) is 5.32 Å². The molecular weight excluding hydrogens is 188 g/mol. The van der Waals surface area contributed by atoms with E-state index in [1.165, 1.54) is 6.42 Å². The Morgan fingerprint density at radius 1 is 1.27 bits per heavy atom. The molecular formula is C12H24N2O. The summed E-state index contributed by atoms with van der Waals surface area (Å²) in [6, 6.07) is 0. The second-order valence-corrected chi connectivity index (χ2v) is 6.65. The highest BCUT2D eigenvalue weighted by Gasteiger charge is 2.55. The minimum absolute atomic E-state index is 0.217. The molecule has 0 aromatic carbocycles. The van der Waals surface area contributed by atoms with Gasteiger partial charge in [-0.25, -0.2) is 0 Å². The van der Waals surface area contributed by atoms with Crippen LogP contribution in [0, 0.1) is 11.3 Å². The Kier molecular flexibility index (Phi) is 2.42. The van der Waals surface area contributed by atoms with Gasteiger partial charge in [0, 0.05) is 13.1 Å². The van der Waals surface area contributed by atoms with Crippen molar-refractivity contribution in [2.45, 2.75) is 51.2 Å². The van der Waals surface area contributed by atoms with Crippen molar-refractivity contribution in [2.75, 3.05) is 13.1 Å². The Balaban J connectivity index is 2.20. The first-order valence-corrected chi connectivity index (χ1v) is 5.98. The maximum Gasteiger partial charge on any atom is 0.0858 e. The minimum Gasteiger partial charge on any atom is -0.388 e. The van der Waals surface area contributed by atoms with Crippen LogP contribution in [0.2, 0.25) is 0 Å². The Morgan fingerprint density at radius 2 is 1.87 bits per heavy atom. The molecule has 3 heteroatoms. The second kappa shape index (κ2) is 3.19. The number of hydrogen-bond donors (Lipinski definition) is 3. The van der Waals surface area contributed by atoms with Crippen molar-refractivity contribution in [3.63, 3.8) is 0 Å². The van der Waals surface area contributed by atoms with Crippen molar-refractivity contribution in [2.24, 2.45) is 17.1 Å². The molecule has 0 radical (unpaired) electrons.